The van der Waals surface area contributed by atoms with Gasteiger partial charge >= 0.3 is 7.12 Å². The lowest BCUT2D eigenvalue weighted by Crippen LogP contribution is -2.52. The molecule has 0 radical (unpaired) electrons. The van der Waals surface area contributed by atoms with E-state index in [4.69, 9.17) is 19.9 Å². The number of thiophene rings is 1. The molecule has 0 aliphatic carbocycles. The molecule has 0 amide bonds. The molecule has 7 aromatic carbocycles. The van der Waals surface area contributed by atoms with E-state index in [0.717, 1.165) is 61.8 Å². The number of anilines is 6. The fraction of sp³-hybridized carbons (Fsp3) is 0. The van der Waals surface area contributed by atoms with E-state index in [2.05, 4.69) is 159 Å². The second kappa shape index (κ2) is 12.8. The Morgan fingerprint density at radius 1 is 0.417 bits per heavy atom. The third-order valence-corrected chi connectivity index (χ3v) is 13.0. The summed E-state index contributed by atoms with van der Waals surface area (Å²) in [5.41, 5.74) is 10.5. The molecule has 2 aliphatic heterocycles. The van der Waals surface area contributed by atoms with Crippen molar-refractivity contribution in [2.24, 2.45) is 0 Å². The van der Waals surface area contributed by atoms with Gasteiger partial charge in [0.25, 0.3) is 0 Å². The summed E-state index contributed by atoms with van der Waals surface area (Å²) in [6.45, 7) is 0. The van der Waals surface area contributed by atoms with Gasteiger partial charge in [-0.25, -0.2) is 9.97 Å². The summed E-state index contributed by atoms with van der Waals surface area (Å²) in [4.78, 5) is 27.6. The van der Waals surface area contributed by atoms with Crippen molar-refractivity contribution in [3.63, 3.8) is 0 Å². The molecule has 2 aliphatic rings. The van der Waals surface area contributed by atoms with Gasteiger partial charge in [0.05, 0.1) is 28.3 Å². The van der Waals surface area contributed by atoms with Crippen molar-refractivity contribution in [3.05, 3.63) is 188 Å². The largest absolute Gasteiger partial charge is 0.521 e. The van der Waals surface area contributed by atoms with E-state index < -0.39 is 0 Å². The molecular formula is C50H31BN8S. The van der Waals surface area contributed by atoms with Gasteiger partial charge in [0.1, 0.15) is 5.65 Å². The average Bonchev–Trinajstić information content (AvgIpc) is 4.05. The van der Waals surface area contributed by atoms with E-state index in [1.807, 2.05) is 60.0 Å². The Kier molecular flexibility index (Phi) is 7.10. The van der Waals surface area contributed by atoms with Gasteiger partial charge < -0.3 is 14.4 Å². The van der Waals surface area contributed by atoms with Crippen molar-refractivity contribution < 1.29 is 0 Å². The van der Waals surface area contributed by atoms with Crippen LogP contribution in [0.25, 0.3) is 70.6 Å². The predicted molar refractivity (Wildman–Crippen MR) is 247 cm³/mol. The van der Waals surface area contributed by atoms with Gasteiger partial charge in [-0.1, -0.05) is 103 Å². The zero-order valence-electron chi connectivity index (χ0n) is 32.0. The third kappa shape index (κ3) is 4.85. The van der Waals surface area contributed by atoms with E-state index in [1.54, 1.807) is 0 Å². The molecule has 0 saturated heterocycles. The second-order valence-corrected chi connectivity index (χ2v) is 16.2. The maximum Gasteiger partial charge on any atom is 0.521 e. The standard InChI is InChI=1S/C50H31BN8S/c1-3-14-32(15-4-1)47-53-48(33-16-5-2-6-17-33)55-50(54-47)59-44-24-12-11-23-43(44)58-42-22-10-9-21-41(42)57(51(58)59)35-26-28-46-39(31-35)38-30-34(25-27-45(38)60-46)56-40-20-8-7-18-36(40)37-19-13-29-52-49(37)56/h1-31H. The fourth-order valence-corrected chi connectivity index (χ4v) is 10.3. The Morgan fingerprint density at radius 3 is 1.62 bits per heavy atom. The second-order valence-electron chi connectivity index (χ2n) is 15.1. The Morgan fingerprint density at radius 2 is 0.950 bits per heavy atom. The quantitative estimate of drug-likeness (QED) is 0.161. The highest BCUT2D eigenvalue weighted by Crippen LogP contribution is 2.56. The molecule has 0 N–H and O–H groups in total. The number of aromatic nitrogens is 5. The Bertz CT molecular complexity index is 3390. The molecule has 6 heterocycles. The van der Waals surface area contributed by atoms with Gasteiger partial charge in [0.2, 0.25) is 5.95 Å². The van der Waals surface area contributed by atoms with Gasteiger partial charge in [-0.2, -0.15) is 9.97 Å². The average molecular weight is 787 g/mol. The van der Waals surface area contributed by atoms with E-state index in [0.29, 0.717) is 17.6 Å². The van der Waals surface area contributed by atoms with Gasteiger partial charge in [0, 0.05) is 59.6 Å². The summed E-state index contributed by atoms with van der Waals surface area (Å²) in [7, 11) is -0.337. The van der Waals surface area contributed by atoms with E-state index in [9.17, 15) is 0 Å². The molecule has 13 rings (SSSR count). The highest BCUT2D eigenvalue weighted by atomic mass is 32.1. The lowest BCUT2D eigenvalue weighted by atomic mass is 9.87. The van der Waals surface area contributed by atoms with Gasteiger partial charge in [0.15, 0.2) is 11.6 Å². The van der Waals surface area contributed by atoms with Crippen molar-refractivity contribution in [1.29, 1.82) is 0 Å². The summed E-state index contributed by atoms with van der Waals surface area (Å²) < 4.78 is 4.77. The molecule has 4 aromatic heterocycles. The monoisotopic (exact) mass is 786 g/mol. The lowest BCUT2D eigenvalue weighted by molar-refractivity contribution is 1.04. The van der Waals surface area contributed by atoms with Crippen LogP contribution in [0.5, 0.6) is 0 Å². The van der Waals surface area contributed by atoms with Gasteiger partial charge in [-0.3, -0.25) is 4.57 Å². The van der Waals surface area contributed by atoms with Crippen molar-refractivity contribution >= 4 is 94.9 Å². The molecule has 11 aromatic rings. The van der Waals surface area contributed by atoms with Crippen LogP contribution >= 0.6 is 11.3 Å². The van der Waals surface area contributed by atoms with Crippen LogP contribution in [0.3, 0.4) is 0 Å². The summed E-state index contributed by atoms with van der Waals surface area (Å²) in [6, 6.07) is 64.1. The predicted octanol–water partition coefficient (Wildman–Crippen LogP) is 12.5. The van der Waals surface area contributed by atoms with Crippen LogP contribution in [0.2, 0.25) is 0 Å². The summed E-state index contributed by atoms with van der Waals surface area (Å²) in [5, 5.41) is 4.76. The maximum absolute atomic E-state index is 5.27. The number of pyridine rings is 1. The van der Waals surface area contributed by atoms with Gasteiger partial charge in [-0.15, -0.1) is 11.3 Å². The fourth-order valence-electron chi connectivity index (χ4n) is 9.21. The number of hydrogen-bond donors (Lipinski definition) is 0. The SMILES string of the molecule is c1ccc(-c2nc(-c3ccccc3)nc(N3B4N(c5ccc6sc7ccc(-n8c9ccccc9c9cccnc98)cc7c6c5)c5ccccc5N4c4ccccc43)n2)cc1. The Hall–Kier alpha value is -7.82. The van der Waals surface area contributed by atoms with E-state index in [1.165, 1.54) is 25.6 Å². The maximum atomic E-state index is 5.27. The molecule has 60 heavy (non-hydrogen) atoms. The minimum absolute atomic E-state index is 0.337. The molecule has 0 unspecified atom stereocenters. The minimum Gasteiger partial charge on any atom is -0.343 e. The number of nitrogens with zero attached hydrogens (tertiary/aromatic N) is 8. The molecule has 0 bridgehead atoms. The number of para-hydroxylation sites is 5. The zero-order valence-corrected chi connectivity index (χ0v) is 32.8. The van der Waals surface area contributed by atoms with Gasteiger partial charge in [-0.05, 0) is 78.9 Å². The van der Waals surface area contributed by atoms with Crippen LogP contribution in [-0.2, 0) is 0 Å². The molecule has 0 fully saturated rings. The topological polar surface area (TPSA) is 66.2 Å². The first kappa shape index (κ1) is 33.2. The highest BCUT2D eigenvalue weighted by molar-refractivity contribution is 7.25. The van der Waals surface area contributed by atoms with Crippen LogP contribution in [-0.4, -0.2) is 31.6 Å². The summed E-state index contributed by atoms with van der Waals surface area (Å²) in [5.74, 6) is 1.82. The van der Waals surface area contributed by atoms with E-state index in [-0.39, 0.29) is 7.12 Å². The first-order valence-electron chi connectivity index (χ1n) is 20.0. The van der Waals surface area contributed by atoms with Crippen LogP contribution in [0.1, 0.15) is 0 Å². The smallest absolute Gasteiger partial charge is 0.343 e. The highest BCUT2D eigenvalue weighted by Gasteiger charge is 2.54. The molecule has 0 atom stereocenters. The van der Waals surface area contributed by atoms with E-state index >= 15 is 0 Å². The van der Waals surface area contributed by atoms with Crippen molar-refractivity contribution in [3.8, 4) is 28.5 Å². The number of hydrogen-bond acceptors (Lipinski definition) is 8. The van der Waals surface area contributed by atoms with Crippen LogP contribution in [0, 0.1) is 0 Å². The summed E-state index contributed by atoms with van der Waals surface area (Å²) >= 11 is 1.83. The third-order valence-electron chi connectivity index (χ3n) is 11.8. The van der Waals surface area contributed by atoms with Crippen molar-refractivity contribution in [1.82, 2.24) is 24.5 Å². The summed E-state index contributed by atoms with van der Waals surface area (Å²) in [6.07, 6.45) is 1.88. The lowest BCUT2D eigenvalue weighted by Gasteiger charge is -2.30. The van der Waals surface area contributed by atoms with Crippen LogP contribution in [0.4, 0.5) is 34.4 Å². The van der Waals surface area contributed by atoms with Crippen molar-refractivity contribution in [2.45, 2.75) is 0 Å². The normalized spacial score (nSPS) is 13.2. The minimum atomic E-state index is -0.337. The first-order chi connectivity index (χ1) is 29.8. The van der Waals surface area contributed by atoms with Crippen molar-refractivity contribution in [2.75, 3.05) is 14.4 Å². The Labute approximate surface area is 349 Å². The Balaban J connectivity index is 1.01. The molecule has 0 spiro atoms. The first-order valence-corrected chi connectivity index (χ1v) is 20.8. The zero-order chi connectivity index (χ0) is 39.3. The molecule has 0 saturated carbocycles. The number of rotatable bonds is 5. The molecule has 8 nitrogen and oxygen atoms in total. The molecular weight excluding hydrogens is 755 g/mol. The van der Waals surface area contributed by atoms with Crippen LogP contribution in [0.15, 0.2) is 188 Å². The molecule has 280 valence electrons. The van der Waals surface area contributed by atoms with Crippen LogP contribution < -0.4 is 14.4 Å². The number of benzene rings is 7. The number of fused-ring (bicyclic) bond motifs is 11. The molecule has 10 heteroatoms.